The summed E-state index contributed by atoms with van der Waals surface area (Å²) in [7, 11) is 0. The number of urea groups is 1. The molecule has 20 heavy (non-hydrogen) atoms. The molecule has 1 aliphatic rings. The summed E-state index contributed by atoms with van der Waals surface area (Å²) < 4.78 is 39.2. The first-order valence-electron chi connectivity index (χ1n) is 5.84. The number of hydrogen-bond acceptors (Lipinski definition) is 3. The molecule has 3 heterocycles. The average molecular weight is 285 g/mol. The predicted molar refractivity (Wildman–Crippen MR) is 61.8 cm³/mol. The highest BCUT2D eigenvalue weighted by molar-refractivity contribution is 5.77. The van der Waals surface area contributed by atoms with Crippen LogP contribution in [0.25, 0.3) is 5.65 Å². The molecule has 1 N–H and O–H groups in total. The number of nitrogens with one attached hydrogen (secondary N) is 1. The summed E-state index contributed by atoms with van der Waals surface area (Å²) in [4.78, 5) is 16.7. The molecule has 0 radical (unpaired) electrons. The lowest BCUT2D eigenvalue weighted by Crippen LogP contribution is -2.40. The Hall–Kier alpha value is -2.32. The Bertz CT molecular complexity index is 653. The minimum atomic E-state index is -4.43. The molecule has 0 aliphatic carbocycles. The van der Waals surface area contributed by atoms with Crippen LogP contribution in [0.1, 0.15) is 5.56 Å². The van der Waals surface area contributed by atoms with Crippen LogP contribution in [0.4, 0.5) is 18.0 Å². The third-order valence-electron chi connectivity index (χ3n) is 3.07. The third-order valence-corrected chi connectivity index (χ3v) is 3.07. The molecule has 1 fully saturated rings. The van der Waals surface area contributed by atoms with Crippen molar-refractivity contribution >= 4 is 11.7 Å². The number of nitrogens with zero attached hydrogens (tertiary/aromatic N) is 4. The van der Waals surface area contributed by atoms with Crippen molar-refractivity contribution < 1.29 is 18.0 Å². The maximum atomic E-state index is 12.5. The van der Waals surface area contributed by atoms with Gasteiger partial charge in [-0.2, -0.15) is 18.3 Å². The van der Waals surface area contributed by atoms with Crippen molar-refractivity contribution in [2.75, 3.05) is 6.54 Å². The summed E-state index contributed by atoms with van der Waals surface area (Å²) in [6, 6.07) is -0.866. The molecule has 9 heteroatoms. The number of amides is 2. The van der Waals surface area contributed by atoms with Crippen LogP contribution in [0.2, 0.25) is 0 Å². The van der Waals surface area contributed by atoms with Gasteiger partial charge in [-0.25, -0.2) is 14.3 Å². The largest absolute Gasteiger partial charge is 0.410 e. The van der Waals surface area contributed by atoms with Gasteiger partial charge in [-0.05, 0) is 11.6 Å². The highest BCUT2D eigenvalue weighted by atomic mass is 19.4. The van der Waals surface area contributed by atoms with E-state index < -0.39 is 24.8 Å². The number of hydrogen-bond donors (Lipinski definition) is 1. The summed E-state index contributed by atoms with van der Waals surface area (Å²) in [5, 5.41) is 5.97. The molecule has 1 saturated heterocycles. The van der Waals surface area contributed by atoms with Crippen LogP contribution in [-0.4, -0.2) is 44.3 Å². The summed E-state index contributed by atoms with van der Waals surface area (Å²) in [6.45, 7) is -0.337. The topological polar surface area (TPSA) is 62.5 Å². The van der Waals surface area contributed by atoms with E-state index in [1.165, 1.54) is 10.7 Å². The first-order chi connectivity index (χ1) is 9.43. The first kappa shape index (κ1) is 12.7. The molecular formula is C11H10F3N5O. The van der Waals surface area contributed by atoms with Crippen LogP contribution in [0, 0.1) is 0 Å². The zero-order chi connectivity index (χ0) is 14.3. The molecule has 2 aromatic rings. The van der Waals surface area contributed by atoms with Crippen molar-refractivity contribution in [1.29, 1.82) is 0 Å². The van der Waals surface area contributed by atoms with Crippen LogP contribution >= 0.6 is 0 Å². The molecule has 1 unspecified atom stereocenters. The molecular weight excluding hydrogens is 275 g/mol. The lowest BCUT2D eigenvalue weighted by atomic mass is 10.2. The normalized spacial score (nSPS) is 19.6. The van der Waals surface area contributed by atoms with Crippen molar-refractivity contribution in [2.24, 2.45) is 0 Å². The molecule has 0 bridgehead atoms. The van der Waals surface area contributed by atoms with Crippen LogP contribution in [0.15, 0.2) is 24.7 Å². The maximum absolute atomic E-state index is 12.5. The fourth-order valence-corrected chi connectivity index (χ4v) is 2.07. The van der Waals surface area contributed by atoms with Crippen molar-refractivity contribution in [3.63, 3.8) is 0 Å². The number of halogens is 3. The molecule has 6 nitrogen and oxygen atoms in total. The van der Waals surface area contributed by atoms with Gasteiger partial charge in [0.1, 0.15) is 6.04 Å². The van der Waals surface area contributed by atoms with Gasteiger partial charge < -0.3 is 10.2 Å². The van der Waals surface area contributed by atoms with Crippen molar-refractivity contribution in [3.05, 3.63) is 30.2 Å². The Kier molecular flexibility index (Phi) is 2.77. The summed E-state index contributed by atoms with van der Waals surface area (Å²) in [5.41, 5.74) is 1.20. The smallest absolute Gasteiger partial charge is 0.324 e. The van der Waals surface area contributed by atoms with Crippen LogP contribution in [0.5, 0.6) is 0 Å². The fourth-order valence-electron chi connectivity index (χ4n) is 2.07. The van der Waals surface area contributed by atoms with Gasteiger partial charge in [0.15, 0.2) is 5.65 Å². The van der Waals surface area contributed by atoms with Gasteiger partial charge in [0.2, 0.25) is 0 Å². The van der Waals surface area contributed by atoms with Crippen molar-refractivity contribution in [3.8, 4) is 0 Å². The Morgan fingerprint density at radius 2 is 2.25 bits per heavy atom. The van der Waals surface area contributed by atoms with E-state index in [1.54, 1.807) is 18.5 Å². The quantitative estimate of drug-likeness (QED) is 0.901. The molecule has 1 atom stereocenters. The van der Waals surface area contributed by atoms with Crippen molar-refractivity contribution in [2.45, 2.75) is 18.8 Å². The molecule has 1 aliphatic heterocycles. The third kappa shape index (κ3) is 2.26. The number of carbonyl (C=O) groups excluding carboxylic acids is 1. The van der Waals surface area contributed by atoms with Gasteiger partial charge in [-0.3, -0.25) is 0 Å². The fraction of sp³-hybridized carbons (Fsp3) is 0.364. The zero-order valence-corrected chi connectivity index (χ0v) is 10.1. The highest BCUT2D eigenvalue weighted by Crippen LogP contribution is 2.25. The lowest BCUT2D eigenvalue weighted by molar-refractivity contribution is -0.149. The maximum Gasteiger partial charge on any atom is 0.410 e. The number of imidazole rings is 1. The predicted octanol–water partition coefficient (Wildman–Crippen LogP) is 1.19. The summed E-state index contributed by atoms with van der Waals surface area (Å²) in [6.07, 6.45) is 0.286. The number of alkyl halides is 3. The van der Waals surface area contributed by atoms with Gasteiger partial charge in [0, 0.05) is 18.9 Å². The van der Waals surface area contributed by atoms with Crippen LogP contribution in [0.3, 0.4) is 0 Å². The molecule has 2 amide bonds. The van der Waals surface area contributed by atoms with E-state index in [1.807, 2.05) is 5.32 Å². The second kappa shape index (κ2) is 4.36. The van der Waals surface area contributed by atoms with Crippen LogP contribution < -0.4 is 5.32 Å². The number of aromatic nitrogens is 3. The van der Waals surface area contributed by atoms with E-state index >= 15 is 0 Å². The molecule has 106 valence electrons. The van der Waals surface area contributed by atoms with Gasteiger partial charge in [-0.1, -0.05) is 0 Å². The van der Waals surface area contributed by atoms with Gasteiger partial charge in [-0.15, -0.1) is 0 Å². The Morgan fingerprint density at radius 3 is 2.95 bits per heavy atom. The molecule has 0 spiro atoms. The van der Waals surface area contributed by atoms with E-state index in [9.17, 15) is 18.0 Å². The summed E-state index contributed by atoms with van der Waals surface area (Å²) >= 11 is 0. The number of carbonyl (C=O) groups is 1. The number of fused-ring (bicyclic) bond motifs is 1. The molecule has 3 rings (SSSR count). The summed E-state index contributed by atoms with van der Waals surface area (Å²) in [5.74, 6) is 0. The van der Waals surface area contributed by atoms with Gasteiger partial charge in [0.05, 0.1) is 12.7 Å². The first-order valence-corrected chi connectivity index (χ1v) is 5.84. The van der Waals surface area contributed by atoms with Crippen molar-refractivity contribution in [1.82, 2.24) is 24.8 Å². The Labute approximate surface area is 111 Å². The Morgan fingerprint density at radius 1 is 1.45 bits per heavy atom. The Balaban J connectivity index is 1.76. The monoisotopic (exact) mass is 285 g/mol. The standard InChI is InChI=1S/C11H10F3N5O/c12-11(13,14)8-6-18(10(20)17-8)5-7-3-9-15-1-2-19(9)16-4-7/h1-4,8H,5-6H2,(H,17,20). The van der Waals surface area contributed by atoms with E-state index in [2.05, 4.69) is 10.1 Å². The molecule has 0 saturated carbocycles. The SMILES string of the molecule is O=C1NC(C(F)(F)F)CN1Cc1cnn2ccnc2c1. The van der Waals surface area contributed by atoms with E-state index in [4.69, 9.17) is 0 Å². The van der Waals surface area contributed by atoms with E-state index in [-0.39, 0.29) is 6.54 Å². The van der Waals surface area contributed by atoms with Gasteiger partial charge >= 0.3 is 12.2 Å². The number of rotatable bonds is 2. The second-order valence-electron chi connectivity index (χ2n) is 4.52. The van der Waals surface area contributed by atoms with Crippen LogP contribution in [-0.2, 0) is 6.54 Å². The zero-order valence-electron chi connectivity index (χ0n) is 10.1. The second-order valence-corrected chi connectivity index (χ2v) is 4.52. The minimum absolute atomic E-state index is 0.0643. The van der Waals surface area contributed by atoms with Gasteiger partial charge in [0.25, 0.3) is 0 Å². The molecule has 0 aromatic carbocycles. The average Bonchev–Trinajstić information content (AvgIpc) is 2.95. The van der Waals surface area contributed by atoms with E-state index in [0.717, 1.165) is 4.90 Å². The highest BCUT2D eigenvalue weighted by Gasteiger charge is 2.46. The molecule has 2 aromatic heterocycles. The lowest BCUT2D eigenvalue weighted by Gasteiger charge is -2.15. The van der Waals surface area contributed by atoms with E-state index in [0.29, 0.717) is 11.2 Å². The minimum Gasteiger partial charge on any atom is -0.324 e.